The third-order valence-corrected chi connectivity index (χ3v) is 5.12. The summed E-state index contributed by atoms with van der Waals surface area (Å²) in [6.07, 6.45) is 1.78. The first kappa shape index (κ1) is 23.1. The number of carbonyl (C=O) groups is 2. The van der Waals surface area contributed by atoms with Gasteiger partial charge in [-0.05, 0) is 30.2 Å². The molecule has 1 aromatic heterocycles. The maximum atomic E-state index is 13.1. The van der Waals surface area contributed by atoms with Gasteiger partial charge >= 0.3 is 0 Å². The Balaban J connectivity index is 1.81. The molecule has 2 aromatic carbocycles. The summed E-state index contributed by atoms with van der Waals surface area (Å²) in [4.78, 5) is 38.6. The van der Waals surface area contributed by atoms with E-state index in [1.54, 1.807) is 50.6 Å². The van der Waals surface area contributed by atoms with Gasteiger partial charge in [-0.25, -0.2) is 0 Å². The first-order valence-electron chi connectivity index (χ1n) is 9.90. The molecule has 0 aliphatic rings. The molecule has 1 amide bonds. The van der Waals surface area contributed by atoms with E-state index in [4.69, 9.17) is 21.1 Å². The van der Waals surface area contributed by atoms with Crippen LogP contribution in [0.4, 0.5) is 0 Å². The summed E-state index contributed by atoms with van der Waals surface area (Å²) in [5, 5.41) is 3.00. The van der Waals surface area contributed by atoms with Crippen LogP contribution < -0.4 is 20.3 Å². The first-order valence-corrected chi connectivity index (χ1v) is 10.3. The highest BCUT2D eigenvalue weighted by Crippen LogP contribution is 2.27. The maximum absolute atomic E-state index is 13.1. The van der Waals surface area contributed by atoms with E-state index in [1.807, 2.05) is 12.1 Å². The van der Waals surface area contributed by atoms with Crippen molar-refractivity contribution >= 4 is 23.3 Å². The molecule has 3 rings (SSSR count). The van der Waals surface area contributed by atoms with Gasteiger partial charge in [0.25, 0.3) is 11.5 Å². The number of rotatable bonds is 9. The number of ether oxygens (including phenoxy) is 2. The van der Waals surface area contributed by atoms with Gasteiger partial charge < -0.3 is 14.8 Å². The molecule has 8 heteroatoms. The number of amides is 1. The number of pyridine rings is 1. The van der Waals surface area contributed by atoms with Crippen LogP contribution in [0.3, 0.4) is 0 Å². The SMILES string of the molecule is COc1ccc(CCNC(=O)[C@H](C(=O)c2ccccc2)n2cc(Cl)ccc2=O)cc1OC. The van der Waals surface area contributed by atoms with Crippen LogP contribution in [0.5, 0.6) is 11.5 Å². The zero-order valence-corrected chi connectivity index (χ0v) is 18.5. The van der Waals surface area contributed by atoms with Crippen LogP contribution in [0.15, 0.2) is 71.7 Å². The molecule has 32 heavy (non-hydrogen) atoms. The quantitative estimate of drug-likeness (QED) is 0.396. The van der Waals surface area contributed by atoms with E-state index in [0.29, 0.717) is 23.5 Å². The minimum absolute atomic E-state index is 0.244. The maximum Gasteiger partial charge on any atom is 0.251 e. The van der Waals surface area contributed by atoms with Crippen LogP contribution in [0, 0.1) is 0 Å². The molecule has 1 N–H and O–H groups in total. The van der Waals surface area contributed by atoms with Crippen molar-refractivity contribution in [3.63, 3.8) is 0 Å². The third-order valence-electron chi connectivity index (χ3n) is 4.90. The summed E-state index contributed by atoms with van der Waals surface area (Å²) in [6.45, 7) is 0.252. The second-order valence-corrected chi connectivity index (χ2v) is 7.39. The van der Waals surface area contributed by atoms with E-state index in [0.717, 1.165) is 10.1 Å². The van der Waals surface area contributed by atoms with Gasteiger partial charge in [0, 0.05) is 24.4 Å². The Hall–Kier alpha value is -3.58. The minimum atomic E-state index is -1.38. The van der Waals surface area contributed by atoms with Crippen molar-refractivity contribution in [3.05, 3.63) is 93.4 Å². The monoisotopic (exact) mass is 454 g/mol. The van der Waals surface area contributed by atoms with Gasteiger partial charge in [-0.1, -0.05) is 48.0 Å². The molecule has 0 bridgehead atoms. The fourth-order valence-electron chi connectivity index (χ4n) is 3.27. The molecule has 7 nitrogen and oxygen atoms in total. The van der Waals surface area contributed by atoms with E-state index >= 15 is 0 Å². The Bertz CT molecular complexity index is 1160. The lowest BCUT2D eigenvalue weighted by Gasteiger charge is -2.19. The van der Waals surface area contributed by atoms with E-state index in [9.17, 15) is 14.4 Å². The average molecular weight is 455 g/mol. The molecule has 0 radical (unpaired) electrons. The van der Waals surface area contributed by atoms with Crippen LogP contribution in [-0.2, 0) is 11.2 Å². The molecule has 1 atom stereocenters. The van der Waals surface area contributed by atoms with Crippen molar-refractivity contribution in [1.82, 2.24) is 9.88 Å². The smallest absolute Gasteiger partial charge is 0.251 e. The highest BCUT2D eigenvalue weighted by Gasteiger charge is 2.30. The lowest BCUT2D eigenvalue weighted by molar-refractivity contribution is -0.123. The van der Waals surface area contributed by atoms with Crippen molar-refractivity contribution in [2.24, 2.45) is 0 Å². The predicted molar refractivity (Wildman–Crippen MR) is 122 cm³/mol. The Labute approximate surface area is 190 Å². The van der Waals surface area contributed by atoms with E-state index in [2.05, 4.69) is 5.32 Å². The number of nitrogens with zero attached hydrogens (tertiary/aromatic N) is 1. The third kappa shape index (κ3) is 5.36. The lowest BCUT2D eigenvalue weighted by atomic mass is 10.0. The summed E-state index contributed by atoms with van der Waals surface area (Å²) in [7, 11) is 3.10. The van der Waals surface area contributed by atoms with Gasteiger partial charge in [0.1, 0.15) is 0 Å². The number of ketones is 1. The molecule has 0 fully saturated rings. The molecule has 0 spiro atoms. The minimum Gasteiger partial charge on any atom is -0.493 e. The molecule has 3 aromatic rings. The molecular formula is C24H23ClN2O5. The van der Waals surface area contributed by atoms with Crippen molar-refractivity contribution in [2.45, 2.75) is 12.5 Å². The highest BCUT2D eigenvalue weighted by atomic mass is 35.5. The fourth-order valence-corrected chi connectivity index (χ4v) is 3.44. The standard InChI is InChI=1S/C24H23ClN2O5/c1-31-19-10-8-16(14-20(19)32-2)12-13-26-24(30)22(23(29)17-6-4-3-5-7-17)27-15-18(25)9-11-21(27)28/h3-11,14-15,22H,12-13H2,1-2H3,(H,26,30)/t22-/m0/s1. The number of halogens is 1. The number of benzene rings is 2. The van der Waals surface area contributed by atoms with Gasteiger partial charge in [0.05, 0.1) is 19.2 Å². The molecule has 0 aliphatic heterocycles. The predicted octanol–water partition coefficient (Wildman–Crippen LogP) is 3.30. The lowest BCUT2D eigenvalue weighted by Crippen LogP contribution is -2.41. The summed E-state index contributed by atoms with van der Waals surface area (Å²) >= 11 is 6.03. The molecule has 0 unspecified atom stereocenters. The summed E-state index contributed by atoms with van der Waals surface area (Å²) < 4.78 is 11.6. The summed E-state index contributed by atoms with van der Waals surface area (Å²) in [6, 6.07) is 15.1. The first-order chi connectivity index (χ1) is 15.4. The fraction of sp³-hybridized carbons (Fsp3) is 0.208. The van der Waals surface area contributed by atoms with Gasteiger partial charge in [0.15, 0.2) is 23.3 Å². The van der Waals surface area contributed by atoms with Gasteiger partial charge in [-0.2, -0.15) is 0 Å². The summed E-state index contributed by atoms with van der Waals surface area (Å²) in [5.41, 5.74) is 0.729. The number of carbonyl (C=O) groups excluding carboxylic acids is 2. The second kappa shape index (κ2) is 10.6. The Morgan fingerprint density at radius 1 is 1.00 bits per heavy atom. The normalized spacial score (nSPS) is 11.5. The number of hydrogen-bond donors (Lipinski definition) is 1. The van der Waals surface area contributed by atoms with Crippen LogP contribution in [0.2, 0.25) is 5.02 Å². The van der Waals surface area contributed by atoms with E-state index in [1.165, 1.54) is 18.3 Å². The van der Waals surface area contributed by atoms with Crippen LogP contribution >= 0.6 is 11.6 Å². The van der Waals surface area contributed by atoms with Crippen molar-refractivity contribution in [1.29, 1.82) is 0 Å². The zero-order valence-electron chi connectivity index (χ0n) is 17.7. The molecule has 0 saturated heterocycles. The van der Waals surface area contributed by atoms with E-state index < -0.39 is 23.3 Å². The number of methoxy groups -OCH3 is 2. The largest absolute Gasteiger partial charge is 0.493 e. The second-order valence-electron chi connectivity index (χ2n) is 6.96. The van der Waals surface area contributed by atoms with Gasteiger partial charge in [0.2, 0.25) is 0 Å². The van der Waals surface area contributed by atoms with Crippen molar-refractivity contribution < 1.29 is 19.1 Å². The molecule has 166 valence electrons. The topological polar surface area (TPSA) is 86.6 Å². The number of aromatic nitrogens is 1. The number of hydrogen-bond acceptors (Lipinski definition) is 5. The molecule has 1 heterocycles. The zero-order chi connectivity index (χ0) is 23.1. The number of nitrogens with one attached hydrogen (secondary N) is 1. The van der Waals surface area contributed by atoms with Crippen LogP contribution in [0.25, 0.3) is 0 Å². The Kier molecular flexibility index (Phi) is 7.68. The molecule has 0 aliphatic carbocycles. The van der Waals surface area contributed by atoms with Crippen molar-refractivity contribution in [3.8, 4) is 11.5 Å². The molecular weight excluding hydrogens is 432 g/mol. The van der Waals surface area contributed by atoms with Gasteiger partial charge in [-0.15, -0.1) is 0 Å². The summed E-state index contributed by atoms with van der Waals surface area (Å²) in [5.74, 6) is 0.0929. The Morgan fingerprint density at radius 2 is 1.72 bits per heavy atom. The van der Waals surface area contributed by atoms with Crippen LogP contribution in [-0.4, -0.2) is 37.0 Å². The van der Waals surface area contributed by atoms with Gasteiger partial charge in [-0.3, -0.25) is 19.0 Å². The van der Waals surface area contributed by atoms with Crippen LogP contribution in [0.1, 0.15) is 22.0 Å². The highest BCUT2D eigenvalue weighted by molar-refractivity contribution is 6.30. The van der Waals surface area contributed by atoms with E-state index in [-0.39, 0.29) is 11.6 Å². The molecule has 0 saturated carbocycles. The average Bonchev–Trinajstić information content (AvgIpc) is 2.81. The number of Topliss-reactive ketones (excluding diaryl/α,β-unsaturated/α-hetero) is 1. The van der Waals surface area contributed by atoms with Crippen molar-refractivity contribution in [2.75, 3.05) is 20.8 Å². The Morgan fingerprint density at radius 3 is 2.41 bits per heavy atom.